The van der Waals surface area contributed by atoms with E-state index in [1.54, 1.807) is 0 Å². The third-order valence-electron chi connectivity index (χ3n) is 2.33. The fourth-order valence-electron chi connectivity index (χ4n) is 1.38. The van der Waals surface area contributed by atoms with Gasteiger partial charge in [0.05, 0.1) is 0 Å². The lowest BCUT2D eigenvalue weighted by Crippen LogP contribution is -2.09. The van der Waals surface area contributed by atoms with E-state index in [1.165, 1.54) is 43.6 Å². The number of hydrogen-bond donors (Lipinski definition) is 1. The van der Waals surface area contributed by atoms with Crippen molar-refractivity contribution in [3.63, 3.8) is 0 Å². The van der Waals surface area contributed by atoms with Crippen molar-refractivity contribution in [1.29, 1.82) is 0 Å². The van der Waals surface area contributed by atoms with E-state index in [0.717, 1.165) is 18.6 Å². The van der Waals surface area contributed by atoms with Gasteiger partial charge in [-0.2, -0.15) is 0 Å². The Balaban J connectivity index is 2.41. The Morgan fingerprint density at radius 3 is 2.87 bits per heavy atom. The Morgan fingerprint density at radius 2 is 2.13 bits per heavy atom. The predicted molar refractivity (Wildman–Crippen MR) is 67.0 cm³/mol. The molecule has 0 amide bonds. The van der Waals surface area contributed by atoms with Gasteiger partial charge >= 0.3 is 0 Å². The highest BCUT2D eigenvalue weighted by Crippen LogP contribution is 2.22. The van der Waals surface area contributed by atoms with Crippen molar-refractivity contribution in [1.82, 2.24) is 4.72 Å². The van der Waals surface area contributed by atoms with Crippen LogP contribution in [0.2, 0.25) is 0 Å². The highest BCUT2D eigenvalue weighted by atomic mass is 32.2. The van der Waals surface area contributed by atoms with Crippen LogP contribution in [0.4, 0.5) is 0 Å². The van der Waals surface area contributed by atoms with Crippen LogP contribution < -0.4 is 4.72 Å². The second-order valence-electron chi connectivity index (χ2n) is 3.79. The molecular weight excluding hydrogens is 206 g/mol. The van der Waals surface area contributed by atoms with Crippen LogP contribution in [0, 0.1) is 0 Å². The maximum atomic E-state index is 5.43. The molecule has 0 bridgehead atoms. The van der Waals surface area contributed by atoms with Gasteiger partial charge in [0.1, 0.15) is 5.76 Å². The van der Waals surface area contributed by atoms with E-state index in [1.807, 2.05) is 0 Å². The molecule has 0 atom stereocenters. The Kier molecular flexibility index (Phi) is 6.41. The molecule has 86 valence electrons. The molecule has 15 heavy (non-hydrogen) atoms. The zero-order valence-corrected chi connectivity index (χ0v) is 10.5. The summed E-state index contributed by atoms with van der Waals surface area (Å²) in [7, 11) is 0. The summed E-state index contributed by atoms with van der Waals surface area (Å²) in [5.74, 6) is 1.01. The summed E-state index contributed by atoms with van der Waals surface area (Å²) in [4.78, 5) is 0. The standard InChI is InChI=1S/C12H21NOS/c1-3-5-7-9-12-10-11(8-6-4-2)13-15-14-12/h9-10,13H,3-8H2,1-2H3. The molecule has 0 fully saturated rings. The number of nitrogens with one attached hydrogen (secondary N) is 1. The van der Waals surface area contributed by atoms with Crippen molar-refractivity contribution in [2.45, 2.75) is 52.4 Å². The second kappa shape index (κ2) is 7.69. The van der Waals surface area contributed by atoms with Crippen LogP contribution >= 0.6 is 12.2 Å². The molecule has 0 saturated heterocycles. The van der Waals surface area contributed by atoms with Gasteiger partial charge in [-0.15, -0.1) is 0 Å². The lowest BCUT2D eigenvalue weighted by Gasteiger charge is -2.16. The van der Waals surface area contributed by atoms with E-state index in [-0.39, 0.29) is 0 Å². The second-order valence-corrected chi connectivity index (χ2v) is 4.33. The predicted octanol–water partition coefficient (Wildman–Crippen LogP) is 4.32. The molecule has 0 aromatic carbocycles. The van der Waals surface area contributed by atoms with Crippen molar-refractivity contribution in [3.8, 4) is 0 Å². The topological polar surface area (TPSA) is 21.3 Å². The Bertz CT molecular complexity index is 236. The molecular formula is C12H21NOS. The molecule has 0 unspecified atom stereocenters. The molecule has 3 heteroatoms. The first-order chi connectivity index (χ1) is 7.36. The fourth-order valence-corrected chi connectivity index (χ4v) is 1.90. The molecule has 1 aliphatic rings. The van der Waals surface area contributed by atoms with E-state index >= 15 is 0 Å². The third-order valence-corrected chi connectivity index (χ3v) is 2.95. The molecule has 0 aliphatic carbocycles. The Labute approximate surface area is 97.5 Å². The number of rotatable bonds is 6. The van der Waals surface area contributed by atoms with Crippen molar-refractivity contribution in [3.05, 3.63) is 23.6 Å². The maximum Gasteiger partial charge on any atom is 0.176 e. The molecule has 1 aliphatic heterocycles. The highest BCUT2D eigenvalue weighted by Gasteiger charge is 2.07. The number of allylic oxidation sites excluding steroid dienone is 3. The molecule has 2 nitrogen and oxygen atoms in total. The van der Waals surface area contributed by atoms with Crippen LogP contribution in [0.25, 0.3) is 0 Å². The van der Waals surface area contributed by atoms with Gasteiger partial charge in [-0.05, 0) is 31.8 Å². The smallest absolute Gasteiger partial charge is 0.176 e. The molecule has 1 N–H and O–H groups in total. The quantitative estimate of drug-likeness (QED) is 0.415. The minimum Gasteiger partial charge on any atom is -0.406 e. The van der Waals surface area contributed by atoms with E-state index in [0.29, 0.717) is 0 Å². The van der Waals surface area contributed by atoms with Crippen LogP contribution in [0.5, 0.6) is 0 Å². The average Bonchev–Trinajstić information content (AvgIpc) is 2.27. The lowest BCUT2D eigenvalue weighted by molar-refractivity contribution is 0.499. The van der Waals surface area contributed by atoms with Crippen LogP contribution in [-0.2, 0) is 4.18 Å². The van der Waals surface area contributed by atoms with Gasteiger partial charge in [0.15, 0.2) is 12.2 Å². The highest BCUT2D eigenvalue weighted by molar-refractivity contribution is 7.93. The van der Waals surface area contributed by atoms with Crippen LogP contribution in [0.1, 0.15) is 52.4 Å². The van der Waals surface area contributed by atoms with Gasteiger partial charge in [0.2, 0.25) is 0 Å². The molecule has 1 rings (SSSR count). The summed E-state index contributed by atoms with van der Waals surface area (Å²) in [5, 5.41) is 0. The third kappa shape index (κ3) is 5.17. The van der Waals surface area contributed by atoms with Crippen molar-refractivity contribution < 1.29 is 4.18 Å². The molecule has 0 spiro atoms. The largest absolute Gasteiger partial charge is 0.406 e. The zero-order chi connectivity index (χ0) is 10.9. The SMILES string of the molecule is CCCCC=C1C=C(CCCC)NSO1. The summed E-state index contributed by atoms with van der Waals surface area (Å²) in [5.41, 5.74) is 1.29. The first-order valence-corrected chi connectivity index (χ1v) is 6.61. The van der Waals surface area contributed by atoms with Crippen LogP contribution in [0.15, 0.2) is 23.6 Å². The fraction of sp³-hybridized carbons (Fsp3) is 0.667. The van der Waals surface area contributed by atoms with E-state index in [9.17, 15) is 0 Å². The minimum atomic E-state index is 1.01. The molecule has 0 saturated carbocycles. The zero-order valence-electron chi connectivity index (χ0n) is 9.71. The monoisotopic (exact) mass is 227 g/mol. The molecule has 1 heterocycles. The Morgan fingerprint density at radius 1 is 1.33 bits per heavy atom. The van der Waals surface area contributed by atoms with E-state index in [2.05, 4.69) is 30.7 Å². The van der Waals surface area contributed by atoms with Crippen LogP contribution in [-0.4, -0.2) is 0 Å². The van der Waals surface area contributed by atoms with Crippen molar-refractivity contribution in [2.24, 2.45) is 0 Å². The van der Waals surface area contributed by atoms with E-state index < -0.39 is 0 Å². The summed E-state index contributed by atoms with van der Waals surface area (Å²) in [6.07, 6.45) is 11.5. The Hall–Kier alpha value is -0.570. The number of unbranched alkanes of at least 4 members (excludes halogenated alkanes) is 3. The van der Waals surface area contributed by atoms with Gasteiger partial charge in [0.25, 0.3) is 0 Å². The van der Waals surface area contributed by atoms with Gasteiger partial charge in [0, 0.05) is 11.8 Å². The lowest BCUT2D eigenvalue weighted by atomic mass is 10.2. The minimum absolute atomic E-state index is 1.01. The summed E-state index contributed by atoms with van der Waals surface area (Å²) in [6.45, 7) is 4.42. The molecule has 0 aromatic rings. The van der Waals surface area contributed by atoms with E-state index in [4.69, 9.17) is 4.18 Å². The first kappa shape index (κ1) is 12.5. The van der Waals surface area contributed by atoms with Crippen molar-refractivity contribution >= 4 is 12.2 Å². The average molecular weight is 227 g/mol. The van der Waals surface area contributed by atoms with Gasteiger partial charge in [-0.1, -0.05) is 26.7 Å². The van der Waals surface area contributed by atoms with Gasteiger partial charge < -0.3 is 8.91 Å². The van der Waals surface area contributed by atoms with Gasteiger partial charge in [-0.25, -0.2) is 0 Å². The normalized spacial score (nSPS) is 18.3. The number of hydrogen-bond acceptors (Lipinski definition) is 3. The maximum absolute atomic E-state index is 5.43. The summed E-state index contributed by atoms with van der Waals surface area (Å²) in [6, 6.07) is 0. The summed E-state index contributed by atoms with van der Waals surface area (Å²) < 4.78 is 8.61. The first-order valence-electron chi connectivity index (χ1n) is 5.87. The van der Waals surface area contributed by atoms with Crippen molar-refractivity contribution in [2.75, 3.05) is 0 Å². The summed E-state index contributed by atoms with van der Waals surface area (Å²) >= 11 is 1.33. The molecule has 0 radical (unpaired) electrons. The van der Waals surface area contributed by atoms with Crippen LogP contribution in [0.3, 0.4) is 0 Å². The van der Waals surface area contributed by atoms with Gasteiger partial charge in [-0.3, -0.25) is 0 Å². The molecule has 0 aromatic heterocycles.